The maximum atomic E-state index is 12.4. The minimum absolute atomic E-state index is 0.235. The second-order valence-electron chi connectivity index (χ2n) is 8.31. The summed E-state index contributed by atoms with van der Waals surface area (Å²) in [6, 6.07) is 8.27. The zero-order valence-electron chi connectivity index (χ0n) is 16.5. The van der Waals surface area contributed by atoms with Crippen molar-refractivity contribution in [1.82, 2.24) is 9.80 Å². The van der Waals surface area contributed by atoms with Gasteiger partial charge in [-0.3, -0.25) is 4.79 Å². The third-order valence-electron chi connectivity index (χ3n) is 5.01. The number of benzene rings is 1. The Bertz CT molecular complexity index is 565. The van der Waals surface area contributed by atoms with Crippen LogP contribution in [0.25, 0.3) is 0 Å². The molecule has 1 atom stereocenters. The van der Waals surface area contributed by atoms with Gasteiger partial charge in [-0.05, 0) is 43.4 Å². The van der Waals surface area contributed by atoms with Crippen molar-refractivity contribution in [3.05, 3.63) is 29.8 Å². The molecule has 0 saturated carbocycles. The lowest BCUT2D eigenvalue weighted by atomic mass is 9.92. The van der Waals surface area contributed by atoms with Crippen molar-refractivity contribution in [3.8, 4) is 5.75 Å². The first-order chi connectivity index (χ1) is 11.8. The molecule has 1 aliphatic rings. The number of hydrogen-bond donors (Lipinski definition) is 0. The molecule has 1 aromatic rings. The molecule has 0 N–H and O–H groups in total. The van der Waals surface area contributed by atoms with Gasteiger partial charge < -0.3 is 14.5 Å². The molecule has 0 aliphatic carbocycles. The standard InChI is InChI=1S/C21H34N2O2/c1-21(2,3)20(24)22(4)15-17-9-8-13-23(16-17)14-12-18-10-6-7-11-19(18)25-5/h6-7,10-11,17H,8-9,12-16H2,1-5H3/t17-/m0/s1. The van der Waals surface area contributed by atoms with Crippen molar-refractivity contribution in [3.63, 3.8) is 0 Å². The van der Waals surface area contributed by atoms with Crippen LogP contribution in [0.1, 0.15) is 39.2 Å². The number of para-hydroxylation sites is 1. The monoisotopic (exact) mass is 346 g/mol. The van der Waals surface area contributed by atoms with Crippen LogP contribution < -0.4 is 4.74 Å². The highest BCUT2D eigenvalue weighted by molar-refractivity contribution is 5.81. The van der Waals surface area contributed by atoms with Crippen molar-refractivity contribution in [2.24, 2.45) is 11.3 Å². The number of carbonyl (C=O) groups is 1. The topological polar surface area (TPSA) is 32.8 Å². The lowest BCUT2D eigenvalue weighted by molar-refractivity contribution is -0.138. The number of piperidine rings is 1. The molecule has 1 heterocycles. The molecular formula is C21H34N2O2. The van der Waals surface area contributed by atoms with Crippen LogP contribution in [0.4, 0.5) is 0 Å². The van der Waals surface area contributed by atoms with Gasteiger partial charge in [-0.25, -0.2) is 0 Å². The molecule has 1 fully saturated rings. The van der Waals surface area contributed by atoms with Gasteiger partial charge in [0, 0.05) is 32.1 Å². The van der Waals surface area contributed by atoms with Crippen LogP contribution in [-0.4, -0.2) is 56.0 Å². The molecule has 0 unspecified atom stereocenters. The first-order valence-electron chi connectivity index (χ1n) is 9.41. The van der Waals surface area contributed by atoms with E-state index in [1.165, 1.54) is 18.4 Å². The van der Waals surface area contributed by atoms with E-state index in [1.54, 1.807) is 7.11 Å². The van der Waals surface area contributed by atoms with E-state index in [1.807, 2.05) is 44.9 Å². The lowest BCUT2D eigenvalue weighted by Crippen LogP contribution is -2.44. The molecule has 1 aromatic carbocycles. The van der Waals surface area contributed by atoms with Gasteiger partial charge in [0.1, 0.15) is 5.75 Å². The van der Waals surface area contributed by atoms with Crippen LogP contribution in [-0.2, 0) is 11.2 Å². The van der Waals surface area contributed by atoms with Crippen LogP contribution in [0, 0.1) is 11.3 Å². The number of ether oxygens (including phenoxy) is 1. The molecule has 4 nitrogen and oxygen atoms in total. The minimum atomic E-state index is -0.299. The highest BCUT2D eigenvalue weighted by atomic mass is 16.5. The third-order valence-corrected chi connectivity index (χ3v) is 5.01. The van der Waals surface area contributed by atoms with Gasteiger partial charge in [0.25, 0.3) is 0 Å². The van der Waals surface area contributed by atoms with E-state index in [9.17, 15) is 4.79 Å². The van der Waals surface area contributed by atoms with Crippen LogP contribution in [0.3, 0.4) is 0 Å². The second kappa shape index (κ2) is 8.70. The highest BCUT2D eigenvalue weighted by Gasteiger charge is 2.28. The summed E-state index contributed by atoms with van der Waals surface area (Å²) in [5.74, 6) is 1.79. The van der Waals surface area contributed by atoms with E-state index in [0.29, 0.717) is 5.92 Å². The molecule has 2 rings (SSSR count). The van der Waals surface area contributed by atoms with Gasteiger partial charge in [-0.1, -0.05) is 39.0 Å². The van der Waals surface area contributed by atoms with E-state index in [0.717, 1.165) is 38.3 Å². The van der Waals surface area contributed by atoms with Crippen LogP contribution in [0.5, 0.6) is 5.75 Å². The number of hydrogen-bond acceptors (Lipinski definition) is 3. The Kier molecular flexibility index (Phi) is 6.88. The van der Waals surface area contributed by atoms with Gasteiger partial charge >= 0.3 is 0 Å². The quantitative estimate of drug-likeness (QED) is 0.791. The van der Waals surface area contributed by atoms with Gasteiger partial charge in [-0.2, -0.15) is 0 Å². The van der Waals surface area contributed by atoms with E-state index in [-0.39, 0.29) is 11.3 Å². The van der Waals surface area contributed by atoms with Crippen LogP contribution in [0.15, 0.2) is 24.3 Å². The number of amides is 1. The molecule has 1 amide bonds. The Labute approximate surface area is 153 Å². The summed E-state index contributed by atoms with van der Waals surface area (Å²) in [6.45, 7) is 10.1. The zero-order valence-corrected chi connectivity index (χ0v) is 16.5. The predicted molar refractivity (Wildman–Crippen MR) is 103 cm³/mol. The fourth-order valence-electron chi connectivity index (χ4n) is 3.73. The number of rotatable bonds is 6. The normalized spacial score (nSPS) is 18.8. The van der Waals surface area contributed by atoms with E-state index >= 15 is 0 Å². The van der Waals surface area contributed by atoms with Crippen molar-refractivity contribution in [2.45, 2.75) is 40.0 Å². The van der Waals surface area contributed by atoms with Crippen molar-refractivity contribution >= 4 is 5.91 Å². The number of likely N-dealkylation sites (tertiary alicyclic amines) is 1. The molecule has 0 aromatic heterocycles. The summed E-state index contributed by atoms with van der Waals surface area (Å²) in [4.78, 5) is 16.9. The largest absolute Gasteiger partial charge is 0.496 e. The SMILES string of the molecule is COc1ccccc1CCN1CCC[C@@H](CN(C)C(=O)C(C)(C)C)C1. The van der Waals surface area contributed by atoms with Crippen molar-refractivity contribution in [1.29, 1.82) is 0 Å². The first-order valence-corrected chi connectivity index (χ1v) is 9.41. The van der Waals surface area contributed by atoms with Crippen molar-refractivity contribution in [2.75, 3.05) is 40.3 Å². The Morgan fingerprint density at radius 1 is 1.32 bits per heavy atom. The van der Waals surface area contributed by atoms with Crippen LogP contribution >= 0.6 is 0 Å². The number of carbonyl (C=O) groups excluding carboxylic acids is 1. The minimum Gasteiger partial charge on any atom is -0.496 e. The van der Waals surface area contributed by atoms with E-state index < -0.39 is 0 Å². The highest BCUT2D eigenvalue weighted by Crippen LogP contribution is 2.23. The molecule has 1 saturated heterocycles. The molecule has 140 valence electrons. The summed E-state index contributed by atoms with van der Waals surface area (Å²) < 4.78 is 5.45. The Morgan fingerprint density at radius 2 is 2.04 bits per heavy atom. The molecule has 25 heavy (non-hydrogen) atoms. The van der Waals surface area contributed by atoms with E-state index in [4.69, 9.17) is 4.74 Å². The first kappa shape index (κ1) is 19.8. The Hall–Kier alpha value is -1.55. The average molecular weight is 347 g/mol. The maximum Gasteiger partial charge on any atom is 0.227 e. The van der Waals surface area contributed by atoms with E-state index in [2.05, 4.69) is 17.0 Å². The fraction of sp³-hybridized carbons (Fsp3) is 0.667. The molecule has 1 aliphatic heterocycles. The number of nitrogens with zero attached hydrogens (tertiary/aromatic N) is 2. The molecular weight excluding hydrogens is 312 g/mol. The van der Waals surface area contributed by atoms with Gasteiger partial charge in [0.2, 0.25) is 5.91 Å². The molecule has 0 spiro atoms. The van der Waals surface area contributed by atoms with Gasteiger partial charge in [0.15, 0.2) is 0 Å². The molecule has 0 bridgehead atoms. The predicted octanol–water partition coefficient (Wildman–Crippen LogP) is 3.45. The summed E-state index contributed by atoms with van der Waals surface area (Å²) in [6.07, 6.45) is 3.44. The fourth-order valence-corrected chi connectivity index (χ4v) is 3.73. The average Bonchev–Trinajstić information content (AvgIpc) is 2.59. The summed E-state index contributed by atoms with van der Waals surface area (Å²) >= 11 is 0. The number of methoxy groups -OCH3 is 1. The summed E-state index contributed by atoms with van der Waals surface area (Å²) in [5, 5.41) is 0. The van der Waals surface area contributed by atoms with Gasteiger partial charge in [0.05, 0.1) is 7.11 Å². The van der Waals surface area contributed by atoms with Crippen molar-refractivity contribution < 1.29 is 9.53 Å². The Morgan fingerprint density at radius 3 is 2.72 bits per heavy atom. The maximum absolute atomic E-state index is 12.4. The molecule has 4 heteroatoms. The van der Waals surface area contributed by atoms with Gasteiger partial charge in [-0.15, -0.1) is 0 Å². The molecule has 0 radical (unpaired) electrons. The van der Waals surface area contributed by atoms with Crippen LogP contribution in [0.2, 0.25) is 0 Å². The summed E-state index contributed by atoms with van der Waals surface area (Å²) in [7, 11) is 3.68. The second-order valence-corrected chi connectivity index (χ2v) is 8.31. The summed E-state index contributed by atoms with van der Waals surface area (Å²) in [5.41, 5.74) is 0.972. The smallest absolute Gasteiger partial charge is 0.227 e. The Balaban J connectivity index is 1.85. The lowest BCUT2D eigenvalue weighted by Gasteiger charge is -2.36. The zero-order chi connectivity index (χ0) is 18.4. The third kappa shape index (κ3) is 5.74.